The maximum atomic E-state index is 11.4. The van der Waals surface area contributed by atoms with Gasteiger partial charge in [0.05, 0.1) is 18.2 Å². The standard InChI is InChI=1S/C13H21ClN2O3S/c1-9(2)12-15-11(20(14,17)18)8-16(12)7-10-5-6-13(3,4)19-10/h8-10H,5-7H2,1-4H3. The van der Waals surface area contributed by atoms with Gasteiger partial charge in [-0.05, 0) is 26.7 Å². The van der Waals surface area contributed by atoms with Crippen LogP contribution in [0.5, 0.6) is 0 Å². The van der Waals surface area contributed by atoms with Crippen LogP contribution in [0.3, 0.4) is 0 Å². The van der Waals surface area contributed by atoms with Crippen LogP contribution in [0, 0.1) is 0 Å². The number of rotatable bonds is 4. The molecule has 1 aromatic heterocycles. The van der Waals surface area contributed by atoms with E-state index >= 15 is 0 Å². The molecule has 1 atom stereocenters. The third-order valence-corrected chi connectivity index (χ3v) is 4.68. The molecule has 114 valence electrons. The summed E-state index contributed by atoms with van der Waals surface area (Å²) in [4.78, 5) is 4.15. The molecular weight excluding hydrogens is 300 g/mol. The van der Waals surface area contributed by atoms with Gasteiger partial charge >= 0.3 is 0 Å². The SMILES string of the molecule is CC(C)c1nc(S(=O)(=O)Cl)cn1CC1CCC(C)(C)O1. The molecule has 2 rings (SSSR count). The van der Waals surface area contributed by atoms with Gasteiger partial charge in [0.1, 0.15) is 5.82 Å². The Kier molecular flexibility index (Phi) is 4.19. The molecule has 0 amide bonds. The number of ether oxygens (including phenoxy) is 1. The average Bonchev–Trinajstić information content (AvgIpc) is 2.82. The lowest BCUT2D eigenvalue weighted by molar-refractivity contribution is -0.0220. The number of hydrogen-bond acceptors (Lipinski definition) is 4. The molecule has 1 aliphatic rings. The lowest BCUT2D eigenvalue weighted by atomic mass is 10.1. The van der Waals surface area contributed by atoms with E-state index in [2.05, 4.69) is 18.8 Å². The van der Waals surface area contributed by atoms with E-state index in [0.717, 1.165) is 18.7 Å². The van der Waals surface area contributed by atoms with Crippen LogP contribution in [0.25, 0.3) is 0 Å². The molecule has 1 aromatic rings. The second-order valence-corrected chi connectivity index (χ2v) is 8.73. The summed E-state index contributed by atoms with van der Waals surface area (Å²) in [5, 5.41) is -0.0832. The van der Waals surface area contributed by atoms with Gasteiger partial charge in [-0.25, -0.2) is 13.4 Å². The van der Waals surface area contributed by atoms with Crippen LogP contribution in [0.15, 0.2) is 11.2 Å². The van der Waals surface area contributed by atoms with Gasteiger partial charge < -0.3 is 9.30 Å². The summed E-state index contributed by atoms with van der Waals surface area (Å²) in [7, 11) is 1.58. The largest absolute Gasteiger partial charge is 0.370 e. The highest BCUT2D eigenvalue weighted by molar-refractivity contribution is 8.13. The third-order valence-electron chi connectivity index (χ3n) is 3.51. The molecule has 20 heavy (non-hydrogen) atoms. The predicted octanol–water partition coefficient (Wildman–Crippen LogP) is 2.89. The van der Waals surface area contributed by atoms with Crippen molar-refractivity contribution in [1.29, 1.82) is 0 Å². The van der Waals surface area contributed by atoms with Gasteiger partial charge in [-0.3, -0.25) is 0 Å². The van der Waals surface area contributed by atoms with Crippen LogP contribution in [0.1, 0.15) is 52.3 Å². The van der Waals surface area contributed by atoms with Crippen molar-refractivity contribution in [2.75, 3.05) is 0 Å². The first-order valence-corrected chi connectivity index (χ1v) is 9.09. The quantitative estimate of drug-likeness (QED) is 0.800. The van der Waals surface area contributed by atoms with Crippen molar-refractivity contribution in [2.24, 2.45) is 0 Å². The summed E-state index contributed by atoms with van der Waals surface area (Å²) in [5.74, 6) is 0.842. The molecule has 1 unspecified atom stereocenters. The zero-order chi connectivity index (χ0) is 15.1. The van der Waals surface area contributed by atoms with Crippen LogP contribution in [-0.2, 0) is 20.3 Å². The van der Waals surface area contributed by atoms with Crippen LogP contribution in [0.4, 0.5) is 0 Å². The number of halogens is 1. The van der Waals surface area contributed by atoms with E-state index in [0.29, 0.717) is 6.54 Å². The fourth-order valence-electron chi connectivity index (χ4n) is 2.56. The summed E-state index contributed by atoms with van der Waals surface area (Å²) >= 11 is 0. The van der Waals surface area contributed by atoms with E-state index in [1.165, 1.54) is 6.20 Å². The minimum Gasteiger partial charge on any atom is -0.370 e. The van der Waals surface area contributed by atoms with Crippen molar-refractivity contribution in [3.63, 3.8) is 0 Å². The van der Waals surface area contributed by atoms with Gasteiger partial charge in [0.25, 0.3) is 9.05 Å². The number of hydrogen-bond donors (Lipinski definition) is 0. The van der Waals surface area contributed by atoms with Crippen molar-refractivity contribution < 1.29 is 13.2 Å². The van der Waals surface area contributed by atoms with Crippen LogP contribution < -0.4 is 0 Å². The molecule has 1 saturated heterocycles. The minimum absolute atomic E-state index is 0.0832. The van der Waals surface area contributed by atoms with Gasteiger partial charge in [0.15, 0.2) is 5.03 Å². The predicted molar refractivity (Wildman–Crippen MR) is 77.5 cm³/mol. The Morgan fingerprint density at radius 3 is 2.65 bits per heavy atom. The van der Waals surface area contributed by atoms with Crippen LogP contribution >= 0.6 is 10.7 Å². The molecule has 7 heteroatoms. The van der Waals surface area contributed by atoms with E-state index < -0.39 is 9.05 Å². The topological polar surface area (TPSA) is 61.2 Å². The van der Waals surface area contributed by atoms with Gasteiger partial charge in [0.2, 0.25) is 0 Å². The Morgan fingerprint density at radius 1 is 1.55 bits per heavy atom. The minimum atomic E-state index is -3.80. The van der Waals surface area contributed by atoms with Gasteiger partial charge in [-0.1, -0.05) is 13.8 Å². The molecule has 0 aliphatic carbocycles. The molecule has 0 aromatic carbocycles. The lowest BCUT2D eigenvalue weighted by Crippen LogP contribution is -2.23. The zero-order valence-electron chi connectivity index (χ0n) is 12.3. The molecule has 0 N–H and O–H groups in total. The molecule has 5 nitrogen and oxygen atoms in total. The van der Waals surface area contributed by atoms with Crippen LogP contribution in [0.2, 0.25) is 0 Å². The lowest BCUT2D eigenvalue weighted by Gasteiger charge is -2.20. The van der Waals surface area contributed by atoms with Gasteiger partial charge in [-0.15, -0.1) is 0 Å². The van der Waals surface area contributed by atoms with E-state index in [1.807, 2.05) is 18.4 Å². The molecule has 2 heterocycles. The van der Waals surface area contributed by atoms with Crippen molar-refractivity contribution in [3.8, 4) is 0 Å². The van der Waals surface area contributed by atoms with E-state index in [-0.39, 0.29) is 22.6 Å². The first kappa shape index (κ1) is 15.8. The van der Waals surface area contributed by atoms with Crippen molar-refractivity contribution >= 4 is 19.7 Å². The zero-order valence-corrected chi connectivity index (χ0v) is 13.8. The number of imidazole rings is 1. The van der Waals surface area contributed by atoms with Crippen molar-refractivity contribution in [1.82, 2.24) is 9.55 Å². The van der Waals surface area contributed by atoms with Crippen LogP contribution in [-0.4, -0.2) is 29.7 Å². The maximum absolute atomic E-state index is 11.4. The first-order valence-electron chi connectivity index (χ1n) is 6.78. The summed E-state index contributed by atoms with van der Waals surface area (Å²) in [5.41, 5.74) is -0.107. The van der Waals surface area contributed by atoms with E-state index in [9.17, 15) is 8.42 Å². The second-order valence-electron chi connectivity index (χ2n) is 6.22. The normalized spacial score (nSPS) is 22.6. The molecule has 0 radical (unpaired) electrons. The molecular formula is C13H21ClN2O3S. The highest BCUT2D eigenvalue weighted by Crippen LogP contribution is 2.31. The Bertz CT molecular complexity index is 593. The molecule has 0 bridgehead atoms. The fraction of sp³-hybridized carbons (Fsp3) is 0.769. The van der Waals surface area contributed by atoms with Crippen molar-refractivity contribution in [3.05, 3.63) is 12.0 Å². The first-order chi connectivity index (χ1) is 9.08. The van der Waals surface area contributed by atoms with Crippen molar-refractivity contribution in [2.45, 2.75) is 69.7 Å². The smallest absolute Gasteiger partial charge is 0.280 e. The summed E-state index contributed by atoms with van der Waals surface area (Å²) in [6, 6.07) is 0. The fourth-order valence-corrected chi connectivity index (χ4v) is 3.23. The highest BCUT2D eigenvalue weighted by atomic mass is 35.7. The average molecular weight is 321 g/mol. The number of nitrogens with zero attached hydrogens (tertiary/aromatic N) is 2. The Labute approximate surface area is 124 Å². The summed E-state index contributed by atoms with van der Waals surface area (Å²) < 4.78 is 30.6. The monoisotopic (exact) mass is 320 g/mol. The molecule has 0 spiro atoms. The third kappa shape index (κ3) is 3.54. The Hall–Kier alpha value is -0.590. The second kappa shape index (κ2) is 5.31. The van der Waals surface area contributed by atoms with Gasteiger partial charge in [-0.2, -0.15) is 0 Å². The van der Waals surface area contributed by atoms with Gasteiger partial charge in [0, 0.05) is 22.8 Å². The van der Waals surface area contributed by atoms with E-state index in [4.69, 9.17) is 15.4 Å². The molecule has 1 fully saturated rings. The Morgan fingerprint density at radius 2 is 2.20 bits per heavy atom. The summed E-state index contributed by atoms with van der Waals surface area (Å²) in [6.07, 6.45) is 3.56. The maximum Gasteiger partial charge on any atom is 0.280 e. The molecule has 1 aliphatic heterocycles. The number of aromatic nitrogens is 2. The molecule has 0 saturated carbocycles. The Balaban J connectivity index is 2.25. The highest BCUT2D eigenvalue weighted by Gasteiger charge is 2.32. The van der Waals surface area contributed by atoms with E-state index in [1.54, 1.807) is 0 Å². The summed E-state index contributed by atoms with van der Waals surface area (Å²) in [6.45, 7) is 8.69.